The second-order valence-electron chi connectivity index (χ2n) is 10.2. The number of rotatable bonds is 15. The highest BCUT2D eigenvalue weighted by molar-refractivity contribution is 7.88. The first-order valence-corrected chi connectivity index (χ1v) is 26.7. The Hall–Kier alpha value is -0.772. The van der Waals surface area contributed by atoms with E-state index in [9.17, 15) is 9.59 Å². The molecule has 1 aromatic rings. The minimum absolute atomic E-state index is 0.0294. The molecule has 0 saturated heterocycles. The van der Waals surface area contributed by atoms with Crippen LogP contribution < -0.4 is 0 Å². The Labute approximate surface area is 214 Å². The molecule has 0 bridgehead atoms. The van der Waals surface area contributed by atoms with Crippen LogP contribution in [0.3, 0.4) is 0 Å². The molecule has 0 aliphatic rings. The van der Waals surface area contributed by atoms with E-state index >= 15 is 0 Å². The average molecular weight is 537 g/mol. The van der Waals surface area contributed by atoms with Crippen LogP contribution in [-0.4, -0.2) is 41.4 Å². The summed E-state index contributed by atoms with van der Waals surface area (Å²) in [5.74, 6) is -0.0600. The van der Waals surface area contributed by atoms with Crippen LogP contribution in [-0.2, 0) is 4.43 Å². The van der Waals surface area contributed by atoms with Gasteiger partial charge in [0.05, 0.1) is 28.3 Å². The predicted molar refractivity (Wildman–Crippen MR) is 159 cm³/mol. The van der Waals surface area contributed by atoms with Crippen molar-refractivity contribution in [1.82, 2.24) is 0 Å². The number of ketones is 1. The lowest BCUT2D eigenvalue weighted by atomic mass is 10.1. The van der Waals surface area contributed by atoms with E-state index in [1.807, 2.05) is 12.1 Å². The zero-order valence-electron chi connectivity index (χ0n) is 23.9. The van der Waals surface area contributed by atoms with Gasteiger partial charge in [-0.15, -0.1) is 0 Å². The van der Waals surface area contributed by atoms with Crippen molar-refractivity contribution in [2.75, 3.05) is 0 Å². The van der Waals surface area contributed by atoms with Gasteiger partial charge < -0.3 is 4.43 Å². The number of benzene rings is 1. The highest BCUT2D eigenvalue weighted by atomic mass is 29.9. The smallest absolute Gasteiger partial charge is 0.324 e. The standard InChI is InChI=1S/C27H52O3Si4/c1-11-31(12-2,13-3)34(32(14-4,15-5)16-6,33(17-7,18-8)19-9)30-27(29)26-22-20-25(21-23-26)24(10)28/h20-23H,11-19H2,1-10H3. The summed E-state index contributed by atoms with van der Waals surface area (Å²) in [5, 5.41) is 0. The Bertz CT molecular complexity index is 720. The van der Waals surface area contributed by atoms with Gasteiger partial charge in [-0.25, -0.2) is 4.79 Å². The van der Waals surface area contributed by atoms with Gasteiger partial charge in [0.25, 0.3) is 0 Å². The molecule has 0 N–H and O–H groups in total. The Morgan fingerprint density at radius 1 is 0.559 bits per heavy atom. The third-order valence-electron chi connectivity index (χ3n) is 10.1. The molecule has 0 atom stereocenters. The minimum atomic E-state index is -2.42. The predicted octanol–water partition coefficient (Wildman–Crippen LogP) is 8.75. The van der Waals surface area contributed by atoms with Gasteiger partial charge in [-0.05, 0) is 19.1 Å². The van der Waals surface area contributed by atoms with Crippen LogP contribution >= 0.6 is 0 Å². The van der Waals surface area contributed by atoms with Crippen molar-refractivity contribution in [2.24, 2.45) is 0 Å². The maximum atomic E-state index is 14.1. The molecule has 0 saturated carbocycles. The van der Waals surface area contributed by atoms with Gasteiger partial charge in [0.1, 0.15) is 0 Å². The van der Waals surface area contributed by atoms with Gasteiger partial charge in [0.2, 0.25) is 6.87 Å². The molecule has 0 radical (unpaired) electrons. The fourth-order valence-corrected chi connectivity index (χ4v) is 106. The van der Waals surface area contributed by atoms with E-state index in [1.165, 1.54) is 54.4 Å². The first-order chi connectivity index (χ1) is 16.1. The molecule has 0 fully saturated rings. The SMILES string of the molecule is CC[Si](CC)(CC)[Si](OC(=O)c1ccc(C(C)=O)cc1)([Si](CC)(CC)CC)[Si](CC)(CC)CC. The molecule has 0 spiro atoms. The summed E-state index contributed by atoms with van der Waals surface area (Å²) in [4.78, 5) is 25.9. The van der Waals surface area contributed by atoms with E-state index in [2.05, 4.69) is 62.3 Å². The van der Waals surface area contributed by atoms with Crippen LogP contribution in [0.5, 0.6) is 0 Å². The molecule has 7 heteroatoms. The summed E-state index contributed by atoms with van der Waals surface area (Å²) in [5.41, 5.74) is 1.28. The van der Waals surface area contributed by atoms with Crippen molar-refractivity contribution in [2.45, 2.75) is 124 Å². The quantitative estimate of drug-likeness (QED) is 0.166. The van der Waals surface area contributed by atoms with Gasteiger partial charge in [-0.3, -0.25) is 4.79 Å². The number of carbonyl (C=O) groups is 2. The van der Waals surface area contributed by atoms with E-state index in [0.29, 0.717) is 11.1 Å². The van der Waals surface area contributed by atoms with Crippen molar-refractivity contribution in [3.05, 3.63) is 35.4 Å². The number of hydrogen-bond acceptors (Lipinski definition) is 3. The van der Waals surface area contributed by atoms with E-state index in [4.69, 9.17) is 4.43 Å². The molecule has 3 nitrogen and oxygen atoms in total. The lowest BCUT2D eigenvalue weighted by molar-refractivity contribution is 0.0735. The molecule has 0 aliphatic heterocycles. The molecule has 1 rings (SSSR count). The summed E-state index contributed by atoms with van der Waals surface area (Å²) < 4.78 is 7.44. The summed E-state index contributed by atoms with van der Waals surface area (Å²) in [6.07, 6.45) is 0. The summed E-state index contributed by atoms with van der Waals surface area (Å²) >= 11 is 0. The van der Waals surface area contributed by atoms with Gasteiger partial charge in [0, 0.05) is 5.56 Å². The normalized spacial score (nSPS) is 13.1. The second kappa shape index (κ2) is 13.0. The molecule has 34 heavy (non-hydrogen) atoms. The maximum absolute atomic E-state index is 14.1. The van der Waals surface area contributed by atoms with Crippen molar-refractivity contribution >= 4 is 41.4 Å². The van der Waals surface area contributed by atoms with Gasteiger partial charge in [-0.1, -0.05) is 129 Å². The van der Waals surface area contributed by atoms with E-state index in [-0.39, 0.29) is 11.8 Å². The molecule has 1 aromatic carbocycles. The first-order valence-electron chi connectivity index (χ1n) is 13.9. The zero-order valence-corrected chi connectivity index (χ0v) is 27.9. The molecule has 194 valence electrons. The van der Waals surface area contributed by atoms with Crippen LogP contribution in [0.25, 0.3) is 0 Å². The highest BCUT2D eigenvalue weighted by Gasteiger charge is 2.74. The Morgan fingerprint density at radius 3 is 1.06 bits per heavy atom. The monoisotopic (exact) mass is 536 g/mol. The molecule has 0 aliphatic carbocycles. The number of Topliss-reactive ketones (excluding diaryl/α,β-unsaturated/α-hetero) is 1. The highest BCUT2D eigenvalue weighted by Crippen LogP contribution is 2.51. The Morgan fingerprint density at radius 2 is 0.824 bits per heavy atom. The zero-order chi connectivity index (χ0) is 26.2. The van der Waals surface area contributed by atoms with Crippen molar-refractivity contribution < 1.29 is 14.0 Å². The topological polar surface area (TPSA) is 43.4 Å². The van der Waals surface area contributed by atoms with Crippen LogP contribution in [0.2, 0.25) is 54.4 Å². The molecular weight excluding hydrogens is 485 g/mol. The molecule has 0 aromatic heterocycles. The van der Waals surface area contributed by atoms with Crippen molar-refractivity contribution in [3.63, 3.8) is 0 Å². The Balaban J connectivity index is 4.07. The van der Waals surface area contributed by atoms with Crippen LogP contribution in [0.4, 0.5) is 0 Å². The first kappa shape index (κ1) is 31.3. The largest absolute Gasteiger partial charge is 0.524 e. The Kier molecular flexibility index (Phi) is 11.9. The summed E-state index contributed by atoms with van der Waals surface area (Å²) in [6, 6.07) is 18.4. The third-order valence-corrected chi connectivity index (χ3v) is 79.8. The number of hydrogen-bond donors (Lipinski definition) is 0. The minimum Gasteiger partial charge on any atom is -0.524 e. The van der Waals surface area contributed by atoms with Crippen LogP contribution in [0.15, 0.2) is 24.3 Å². The summed E-state index contributed by atoms with van der Waals surface area (Å²) in [6.45, 7) is 21.0. The molecule has 0 heterocycles. The van der Waals surface area contributed by atoms with E-state index < -0.39 is 29.6 Å². The van der Waals surface area contributed by atoms with Crippen LogP contribution in [0.1, 0.15) is 90.0 Å². The van der Waals surface area contributed by atoms with Crippen molar-refractivity contribution in [3.8, 4) is 0 Å². The molecular formula is C27H52O3Si4. The van der Waals surface area contributed by atoms with Crippen molar-refractivity contribution in [1.29, 1.82) is 0 Å². The molecule has 0 unspecified atom stereocenters. The number of carbonyl (C=O) groups excluding carboxylic acids is 2. The second-order valence-corrected chi connectivity index (χ2v) is 46.2. The van der Waals surface area contributed by atoms with E-state index in [0.717, 1.165) is 0 Å². The van der Waals surface area contributed by atoms with Gasteiger partial charge in [0.15, 0.2) is 5.78 Å². The third kappa shape index (κ3) is 4.91. The molecule has 0 amide bonds. The van der Waals surface area contributed by atoms with E-state index in [1.54, 1.807) is 19.1 Å². The fraction of sp³-hybridized carbons (Fsp3) is 0.704. The fourth-order valence-electron chi connectivity index (χ4n) is 7.54. The maximum Gasteiger partial charge on any atom is 0.324 e. The van der Waals surface area contributed by atoms with Gasteiger partial charge >= 0.3 is 5.97 Å². The average Bonchev–Trinajstić information content (AvgIpc) is 2.88. The van der Waals surface area contributed by atoms with Gasteiger partial charge in [-0.2, -0.15) is 0 Å². The lowest BCUT2D eigenvalue weighted by Gasteiger charge is -2.63. The summed E-state index contributed by atoms with van der Waals surface area (Å²) in [7, 11) is -5.56. The lowest BCUT2D eigenvalue weighted by Crippen LogP contribution is -2.89. The van der Waals surface area contributed by atoms with Crippen LogP contribution in [0, 0.1) is 0 Å².